The zero-order chi connectivity index (χ0) is 47.2. The average Bonchev–Trinajstić information content (AvgIpc) is 3.30. The van der Waals surface area contributed by atoms with E-state index in [1.54, 1.807) is 0 Å². The first-order valence-corrected chi connectivity index (χ1v) is 24.3. The Morgan fingerprint density at radius 2 is 0.672 bits per heavy atom. The lowest BCUT2D eigenvalue weighted by Crippen LogP contribution is -2.61. The molecule has 0 spiro atoms. The van der Waals surface area contributed by atoms with Crippen LogP contribution in [0.25, 0.3) is 33.4 Å². The van der Waals surface area contributed by atoms with Crippen molar-refractivity contribution >= 4 is 57.2 Å². The van der Waals surface area contributed by atoms with Crippen molar-refractivity contribution in [3.05, 3.63) is 198 Å². The van der Waals surface area contributed by atoms with Gasteiger partial charge in [-0.05, 0) is 142 Å². The van der Waals surface area contributed by atoms with Crippen LogP contribution in [0.15, 0.2) is 176 Å². The van der Waals surface area contributed by atoms with E-state index in [0.29, 0.717) is 0 Å². The third-order valence-corrected chi connectivity index (χ3v) is 14.3. The van der Waals surface area contributed by atoms with Crippen molar-refractivity contribution in [1.29, 1.82) is 0 Å². The van der Waals surface area contributed by atoms with E-state index in [4.69, 9.17) is 0 Å². The largest absolute Gasteiger partial charge is 0.311 e. The second-order valence-electron chi connectivity index (χ2n) is 23.1. The van der Waals surface area contributed by atoms with Gasteiger partial charge in [-0.25, -0.2) is 0 Å². The average molecular weight is 873 g/mol. The summed E-state index contributed by atoms with van der Waals surface area (Å²) < 4.78 is 0. The highest BCUT2D eigenvalue weighted by atomic mass is 15.2. The monoisotopic (exact) mass is 873 g/mol. The van der Waals surface area contributed by atoms with Gasteiger partial charge in [0, 0.05) is 34.1 Å². The summed E-state index contributed by atoms with van der Waals surface area (Å²) in [5, 5.41) is 0. The highest BCUT2D eigenvalue weighted by Gasteiger charge is 2.45. The van der Waals surface area contributed by atoms with Gasteiger partial charge < -0.3 is 9.80 Å². The van der Waals surface area contributed by atoms with Crippen LogP contribution in [0.2, 0.25) is 0 Å². The number of rotatable bonds is 5. The van der Waals surface area contributed by atoms with Crippen molar-refractivity contribution in [2.24, 2.45) is 0 Å². The molecule has 0 fully saturated rings. The molecule has 0 aliphatic carbocycles. The summed E-state index contributed by atoms with van der Waals surface area (Å²) in [4.78, 5) is 5.17. The van der Waals surface area contributed by atoms with E-state index in [2.05, 4.69) is 269 Å². The normalized spacial score (nSPS) is 13.6. The maximum atomic E-state index is 2.58. The molecule has 2 aliphatic heterocycles. The van der Waals surface area contributed by atoms with Crippen molar-refractivity contribution in [3.8, 4) is 33.4 Å². The van der Waals surface area contributed by atoms with Gasteiger partial charge in [0.1, 0.15) is 0 Å². The highest BCUT2D eigenvalue weighted by molar-refractivity contribution is 7.00. The number of nitrogens with zero attached hydrogens (tertiary/aromatic N) is 2. The summed E-state index contributed by atoms with van der Waals surface area (Å²) in [6.45, 7) is 27.9. The van der Waals surface area contributed by atoms with E-state index < -0.39 is 0 Å². The zero-order valence-corrected chi connectivity index (χ0v) is 41.7. The Bertz CT molecular complexity index is 2930. The number of benzene rings is 8. The molecule has 0 bridgehead atoms. The van der Waals surface area contributed by atoms with Gasteiger partial charge in [0.05, 0.1) is 0 Å². The number of hydrogen-bond acceptors (Lipinski definition) is 2. The number of anilines is 6. The van der Waals surface area contributed by atoms with Gasteiger partial charge in [-0.15, -0.1) is 0 Å². The molecule has 3 heteroatoms. The molecule has 8 aromatic rings. The molecular weight excluding hydrogens is 808 g/mol. The van der Waals surface area contributed by atoms with E-state index in [1.165, 1.54) is 94.8 Å². The Morgan fingerprint density at radius 1 is 0.313 bits per heavy atom. The van der Waals surface area contributed by atoms with E-state index in [9.17, 15) is 0 Å². The van der Waals surface area contributed by atoms with Crippen LogP contribution in [0.4, 0.5) is 34.1 Å². The maximum Gasteiger partial charge on any atom is 0.252 e. The molecular formula is C64H65BN2. The molecule has 334 valence electrons. The third kappa shape index (κ3) is 7.91. The van der Waals surface area contributed by atoms with E-state index in [1.807, 2.05) is 0 Å². The predicted octanol–water partition coefficient (Wildman–Crippen LogP) is 16.0. The minimum atomic E-state index is -0.0399. The highest BCUT2D eigenvalue weighted by Crippen LogP contribution is 2.50. The summed E-state index contributed by atoms with van der Waals surface area (Å²) in [6, 6.07) is 67.2. The second-order valence-corrected chi connectivity index (χ2v) is 23.1. The SMILES string of the molecule is CC(C)(C)c1ccc(N2c3ccc(C(C)(C)C)cc3B3c4cc(C(C)(C)C)ccc4N(c4ccc(C(C)(C)C)cc4)c4cc(-c5c(-c6ccccc6)cccc5-c5ccccc5)cc2c43)cc1. The van der Waals surface area contributed by atoms with Gasteiger partial charge in [0.25, 0.3) is 6.71 Å². The standard InChI is InChI=1S/C64H65BN2/c1-61(2,3)45-26-32-49(33-27-45)66-55-36-30-47(63(7,8)9)40-53(55)65-54-41-48(64(10,11)12)31-37-56(54)67(50-34-28-46(29-35-50)62(4,5)6)58-39-44(38-57(66)60(58)65)59-51(42-20-15-13-16-21-42)24-19-25-52(59)43-22-17-14-18-23-43/h13-41H,1-12H3. The fourth-order valence-corrected chi connectivity index (χ4v) is 10.4. The minimum absolute atomic E-state index is 0.0122. The molecule has 0 aromatic heterocycles. The summed E-state index contributed by atoms with van der Waals surface area (Å²) in [5.74, 6) is 0. The maximum absolute atomic E-state index is 2.58. The summed E-state index contributed by atoms with van der Waals surface area (Å²) >= 11 is 0. The number of fused-ring (bicyclic) bond motifs is 4. The topological polar surface area (TPSA) is 6.48 Å². The molecule has 10 rings (SSSR count). The fourth-order valence-electron chi connectivity index (χ4n) is 10.4. The van der Waals surface area contributed by atoms with Crippen LogP contribution in [-0.4, -0.2) is 6.71 Å². The molecule has 0 saturated heterocycles. The van der Waals surface area contributed by atoms with Gasteiger partial charge in [-0.1, -0.05) is 210 Å². The lowest BCUT2D eigenvalue weighted by molar-refractivity contribution is 0.590. The van der Waals surface area contributed by atoms with Crippen LogP contribution in [-0.2, 0) is 21.7 Å². The van der Waals surface area contributed by atoms with Gasteiger partial charge in [-0.3, -0.25) is 0 Å². The van der Waals surface area contributed by atoms with Crippen LogP contribution < -0.4 is 26.2 Å². The Morgan fingerprint density at radius 3 is 1.03 bits per heavy atom. The molecule has 0 amide bonds. The van der Waals surface area contributed by atoms with Crippen LogP contribution >= 0.6 is 0 Å². The first-order valence-electron chi connectivity index (χ1n) is 24.3. The zero-order valence-electron chi connectivity index (χ0n) is 41.7. The molecule has 2 nitrogen and oxygen atoms in total. The van der Waals surface area contributed by atoms with Crippen molar-refractivity contribution < 1.29 is 0 Å². The van der Waals surface area contributed by atoms with Crippen molar-refractivity contribution in [1.82, 2.24) is 0 Å². The van der Waals surface area contributed by atoms with Crippen LogP contribution in [0.1, 0.15) is 105 Å². The molecule has 0 radical (unpaired) electrons. The first kappa shape index (κ1) is 44.3. The van der Waals surface area contributed by atoms with Gasteiger partial charge in [0.15, 0.2) is 0 Å². The van der Waals surface area contributed by atoms with Gasteiger partial charge in [-0.2, -0.15) is 0 Å². The molecule has 0 unspecified atom stereocenters. The molecule has 0 N–H and O–H groups in total. The fraction of sp³-hybridized carbons (Fsp3) is 0.250. The summed E-state index contributed by atoms with van der Waals surface area (Å²) in [6.07, 6.45) is 0. The van der Waals surface area contributed by atoms with Gasteiger partial charge >= 0.3 is 0 Å². The predicted molar refractivity (Wildman–Crippen MR) is 292 cm³/mol. The van der Waals surface area contributed by atoms with Crippen LogP contribution in [0, 0.1) is 0 Å². The molecule has 2 heterocycles. The second kappa shape index (κ2) is 16.0. The van der Waals surface area contributed by atoms with Crippen molar-refractivity contribution in [2.45, 2.75) is 105 Å². The quantitative estimate of drug-likeness (QED) is 0.159. The minimum Gasteiger partial charge on any atom is -0.311 e. The molecule has 8 aromatic carbocycles. The Kier molecular flexibility index (Phi) is 10.6. The first-order chi connectivity index (χ1) is 31.8. The van der Waals surface area contributed by atoms with Gasteiger partial charge in [0.2, 0.25) is 0 Å². The number of hydrogen-bond donors (Lipinski definition) is 0. The van der Waals surface area contributed by atoms with Crippen LogP contribution in [0.3, 0.4) is 0 Å². The molecule has 0 saturated carbocycles. The lowest BCUT2D eigenvalue weighted by atomic mass is 9.33. The van der Waals surface area contributed by atoms with E-state index in [-0.39, 0.29) is 28.4 Å². The van der Waals surface area contributed by atoms with Crippen molar-refractivity contribution in [2.75, 3.05) is 9.80 Å². The Labute approximate surface area is 401 Å². The van der Waals surface area contributed by atoms with E-state index >= 15 is 0 Å². The molecule has 67 heavy (non-hydrogen) atoms. The summed E-state index contributed by atoms with van der Waals surface area (Å²) in [5.41, 5.74) is 23.7. The molecule has 0 atom stereocenters. The Balaban J connectivity index is 1.37. The van der Waals surface area contributed by atoms with Crippen LogP contribution in [0.5, 0.6) is 0 Å². The molecule has 2 aliphatic rings. The Hall–Kier alpha value is -6.58. The van der Waals surface area contributed by atoms with Crippen molar-refractivity contribution in [3.63, 3.8) is 0 Å². The van der Waals surface area contributed by atoms with E-state index in [0.717, 1.165) is 11.4 Å². The third-order valence-electron chi connectivity index (χ3n) is 14.3. The lowest BCUT2D eigenvalue weighted by Gasteiger charge is -2.45. The summed E-state index contributed by atoms with van der Waals surface area (Å²) in [7, 11) is 0. The smallest absolute Gasteiger partial charge is 0.252 e.